The maximum atomic E-state index is 9.10. The second-order valence-electron chi connectivity index (χ2n) is 5.94. The van der Waals surface area contributed by atoms with Crippen LogP contribution in [0.15, 0.2) is 18.2 Å². The summed E-state index contributed by atoms with van der Waals surface area (Å²) < 4.78 is 7.34. The van der Waals surface area contributed by atoms with Gasteiger partial charge in [-0.15, -0.1) is 0 Å². The predicted octanol–water partition coefficient (Wildman–Crippen LogP) is 2.66. The van der Waals surface area contributed by atoms with Gasteiger partial charge in [-0.2, -0.15) is 5.10 Å². The fourth-order valence-electron chi connectivity index (χ4n) is 2.86. The van der Waals surface area contributed by atoms with Crippen LogP contribution in [0.2, 0.25) is 0 Å². The van der Waals surface area contributed by atoms with Gasteiger partial charge >= 0.3 is 0 Å². The summed E-state index contributed by atoms with van der Waals surface area (Å²) in [5.41, 5.74) is 5.68. The van der Waals surface area contributed by atoms with E-state index in [0.29, 0.717) is 6.54 Å². The zero-order valence-electron chi connectivity index (χ0n) is 14.7. The van der Waals surface area contributed by atoms with Crippen molar-refractivity contribution in [2.75, 3.05) is 13.7 Å². The largest absolute Gasteiger partial charge is 0.496 e. The van der Waals surface area contributed by atoms with Crippen LogP contribution in [0.1, 0.15) is 41.0 Å². The molecule has 23 heavy (non-hydrogen) atoms. The molecule has 2 N–H and O–H groups in total. The summed E-state index contributed by atoms with van der Waals surface area (Å²) in [7, 11) is 1.70. The highest BCUT2D eigenvalue weighted by Gasteiger charge is 2.15. The van der Waals surface area contributed by atoms with Crippen LogP contribution in [-0.2, 0) is 13.1 Å². The number of aryl methyl sites for hydroxylation is 2. The molecule has 1 heterocycles. The minimum absolute atomic E-state index is 0.103. The average Bonchev–Trinajstić information content (AvgIpc) is 2.79. The summed E-state index contributed by atoms with van der Waals surface area (Å²) in [5, 5.41) is 17.2. The van der Waals surface area contributed by atoms with Crippen molar-refractivity contribution in [1.82, 2.24) is 15.1 Å². The van der Waals surface area contributed by atoms with Gasteiger partial charge in [-0.1, -0.05) is 17.7 Å². The summed E-state index contributed by atoms with van der Waals surface area (Å²) in [6, 6.07) is 6.40. The van der Waals surface area contributed by atoms with E-state index in [1.165, 1.54) is 11.1 Å². The van der Waals surface area contributed by atoms with Crippen LogP contribution in [0.4, 0.5) is 0 Å². The molecule has 0 amide bonds. The molecular weight excluding hydrogens is 290 g/mol. The first kappa shape index (κ1) is 17.5. The standard InChI is InChI=1S/C18H27N3O2/c1-12-6-7-18(23-5)16(10-12)13(2)19-11-17-14(3)20-21(8-9-22)15(17)4/h6-7,10,13,19,22H,8-9,11H2,1-5H3/t13-/m1/s1. The van der Waals surface area contributed by atoms with E-state index in [9.17, 15) is 0 Å². The Morgan fingerprint density at radius 1 is 1.30 bits per heavy atom. The highest BCUT2D eigenvalue weighted by Crippen LogP contribution is 2.26. The second-order valence-corrected chi connectivity index (χ2v) is 5.94. The number of nitrogens with zero attached hydrogens (tertiary/aromatic N) is 2. The van der Waals surface area contributed by atoms with E-state index in [-0.39, 0.29) is 12.6 Å². The lowest BCUT2D eigenvalue weighted by Gasteiger charge is -2.18. The Balaban J connectivity index is 2.13. The van der Waals surface area contributed by atoms with Crippen LogP contribution in [0, 0.1) is 20.8 Å². The second kappa shape index (κ2) is 7.62. The molecule has 0 unspecified atom stereocenters. The number of methoxy groups -OCH3 is 1. The SMILES string of the molecule is COc1ccc(C)cc1[C@@H](C)NCc1c(C)nn(CCO)c1C. The van der Waals surface area contributed by atoms with E-state index >= 15 is 0 Å². The van der Waals surface area contributed by atoms with Gasteiger partial charge in [0.1, 0.15) is 5.75 Å². The third kappa shape index (κ3) is 3.92. The van der Waals surface area contributed by atoms with Gasteiger partial charge < -0.3 is 15.2 Å². The highest BCUT2D eigenvalue weighted by atomic mass is 16.5. The monoisotopic (exact) mass is 317 g/mol. The Bertz CT molecular complexity index is 665. The lowest BCUT2D eigenvalue weighted by molar-refractivity contribution is 0.267. The fourth-order valence-corrected chi connectivity index (χ4v) is 2.86. The fraction of sp³-hybridized carbons (Fsp3) is 0.500. The molecule has 2 aromatic rings. The third-order valence-corrected chi connectivity index (χ3v) is 4.28. The van der Waals surface area contributed by atoms with E-state index in [1.54, 1.807) is 7.11 Å². The number of ether oxygens (including phenoxy) is 1. The van der Waals surface area contributed by atoms with Gasteiger partial charge in [-0.25, -0.2) is 0 Å². The smallest absolute Gasteiger partial charge is 0.123 e. The van der Waals surface area contributed by atoms with E-state index in [2.05, 4.69) is 36.4 Å². The number of rotatable bonds is 7. The lowest BCUT2D eigenvalue weighted by Crippen LogP contribution is -2.19. The van der Waals surface area contributed by atoms with Gasteiger partial charge in [0.15, 0.2) is 0 Å². The van der Waals surface area contributed by atoms with Crippen LogP contribution in [-0.4, -0.2) is 28.6 Å². The van der Waals surface area contributed by atoms with Crippen LogP contribution in [0.25, 0.3) is 0 Å². The molecule has 1 aromatic carbocycles. The van der Waals surface area contributed by atoms with Crippen LogP contribution < -0.4 is 10.1 Å². The number of benzene rings is 1. The maximum Gasteiger partial charge on any atom is 0.123 e. The first-order valence-corrected chi connectivity index (χ1v) is 7.99. The van der Waals surface area contributed by atoms with Crippen molar-refractivity contribution in [2.45, 2.75) is 46.8 Å². The molecule has 2 rings (SSSR count). The van der Waals surface area contributed by atoms with Crippen LogP contribution in [0.5, 0.6) is 5.75 Å². The molecule has 0 aliphatic heterocycles. The van der Waals surface area contributed by atoms with Crippen molar-refractivity contribution < 1.29 is 9.84 Å². The highest BCUT2D eigenvalue weighted by molar-refractivity contribution is 5.39. The summed E-state index contributed by atoms with van der Waals surface area (Å²) in [5.74, 6) is 0.903. The average molecular weight is 317 g/mol. The van der Waals surface area contributed by atoms with Gasteiger partial charge in [0.25, 0.3) is 0 Å². The van der Waals surface area contributed by atoms with Crippen LogP contribution in [0.3, 0.4) is 0 Å². The molecule has 0 aliphatic carbocycles. The van der Waals surface area contributed by atoms with Crippen molar-refractivity contribution in [1.29, 1.82) is 0 Å². The number of hydrogen-bond donors (Lipinski definition) is 2. The molecule has 0 aliphatic rings. The first-order chi connectivity index (χ1) is 11.0. The minimum atomic E-state index is 0.103. The Morgan fingerprint density at radius 2 is 2.04 bits per heavy atom. The molecule has 0 bridgehead atoms. The van der Waals surface area contributed by atoms with Crippen LogP contribution >= 0.6 is 0 Å². The summed E-state index contributed by atoms with van der Waals surface area (Å²) in [6.45, 7) is 9.66. The molecule has 5 heteroatoms. The topological polar surface area (TPSA) is 59.3 Å². The molecular formula is C18H27N3O2. The molecule has 5 nitrogen and oxygen atoms in total. The Morgan fingerprint density at radius 3 is 2.70 bits per heavy atom. The first-order valence-electron chi connectivity index (χ1n) is 7.99. The maximum absolute atomic E-state index is 9.10. The van der Waals surface area contributed by atoms with Crippen molar-refractivity contribution in [2.24, 2.45) is 0 Å². The van der Waals surface area contributed by atoms with Gasteiger partial charge in [-0.05, 0) is 33.8 Å². The zero-order chi connectivity index (χ0) is 17.0. The van der Waals surface area contributed by atoms with Gasteiger partial charge in [-0.3, -0.25) is 4.68 Å². The Kier molecular flexibility index (Phi) is 5.80. The van der Waals surface area contributed by atoms with Gasteiger partial charge in [0.2, 0.25) is 0 Å². The quantitative estimate of drug-likeness (QED) is 0.824. The van der Waals surface area contributed by atoms with Crippen molar-refractivity contribution in [3.63, 3.8) is 0 Å². The van der Waals surface area contributed by atoms with Crippen molar-refractivity contribution in [3.05, 3.63) is 46.3 Å². The van der Waals surface area contributed by atoms with E-state index < -0.39 is 0 Å². The Hall–Kier alpha value is -1.85. The van der Waals surface area contributed by atoms with Gasteiger partial charge in [0, 0.05) is 29.4 Å². The number of aromatic nitrogens is 2. The third-order valence-electron chi connectivity index (χ3n) is 4.28. The molecule has 0 radical (unpaired) electrons. The molecule has 126 valence electrons. The summed E-state index contributed by atoms with van der Waals surface area (Å²) >= 11 is 0. The predicted molar refractivity (Wildman–Crippen MR) is 91.8 cm³/mol. The summed E-state index contributed by atoms with van der Waals surface area (Å²) in [6.07, 6.45) is 0. The van der Waals surface area contributed by atoms with E-state index in [1.807, 2.05) is 24.6 Å². The molecule has 1 atom stereocenters. The minimum Gasteiger partial charge on any atom is -0.496 e. The number of nitrogens with one attached hydrogen (secondary N) is 1. The normalized spacial score (nSPS) is 12.4. The summed E-state index contributed by atoms with van der Waals surface area (Å²) in [4.78, 5) is 0. The molecule has 0 spiro atoms. The zero-order valence-corrected chi connectivity index (χ0v) is 14.7. The number of hydrogen-bond acceptors (Lipinski definition) is 4. The van der Waals surface area contributed by atoms with Crippen molar-refractivity contribution in [3.8, 4) is 5.75 Å². The lowest BCUT2D eigenvalue weighted by atomic mass is 10.0. The number of aliphatic hydroxyl groups excluding tert-OH is 1. The van der Waals surface area contributed by atoms with E-state index in [0.717, 1.165) is 29.2 Å². The molecule has 0 saturated carbocycles. The molecule has 0 fully saturated rings. The number of aliphatic hydroxyl groups is 1. The van der Waals surface area contributed by atoms with E-state index in [4.69, 9.17) is 9.84 Å². The molecule has 1 aromatic heterocycles. The molecule has 0 saturated heterocycles. The van der Waals surface area contributed by atoms with Crippen molar-refractivity contribution >= 4 is 0 Å². The van der Waals surface area contributed by atoms with Gasteiger partial charge in [0.05, 0.1) is 26.0 Å². The Labute approximate surface area is 138 Å².